The fourth-order valence-corrected chi connectivity index (χ4v) is 5.15. The van der Waals surface area contributed by atoms with E-state index in [1.54, 1.807) is 6.07 Å². The molecular formula is C20H24ClN3O5S. The smallest absolute Gasteiger partial charge is 0.291 e. The van der Waals surface area contributed by atoms with E-state index in [2.05, 4.69) is 10.6 Å². The van der Waals surface area contributed by atoms with Gasteiger partial charge in [0, 0.05) is 31.4 Å². The zero-order chi connectivity index (χ0) is 21.9. The van der Waals surface area contributed by atoms with Gasteiger partial charge in [-0.15, -0.1) is 0 Å². The Balaban J connectivity index is 1.75. The minimum absolute atomic E-state index is 0.00414. The van der Waals surface area contributed by atoms with Crippen LogP contribution >= 0.6 is 11.6 Å². The third-order valence-electron chi connectivity index (χ3n) is 4.79. The molecule has 0 unspecified atom stereocenters. The normalized spacial score (nSPS) is 14.6. The van der Waals surface area contributed by atoms with Crippen LogP contribution in [-0.4, -0.2) is 44.2 Å². The molecule has 0 radical (unpaired) electrons. The molecule has 1 aromatic heterocycles. The number of carbonyl (C=O) groups is 2. The third kappa shape index (κ3) is 4.69. The highest BCUT2D eigenvalue weighted by molar-refractivity contribution is 7.89. The Morgan fingerprint density at radius 3 is 2.50 bits per heavy atom. The Kier molecular flexibility index (Phi) is 6.84. The monoisotopic (exact) mass is 453 g/mol. The van der Waals surface area contributed by atoms with E-state index in [1.165, 1.54) is 29.4 Å². The minimum atomic E-state index is -3.69. The van der Waals surface area contributed by atoms with E-state index in [9.17, 15) is 18.0 Å². The van der Waals surface area contributed by atoms with Crippen molar-refractivity contribution >= 4 is 39.1 Å². The highest BCUT2D eigenvalue weighted by Gasteiger charge is 2.31. The largest absolute Gasteiger partial charge is 0.455 e. The second kappa shape index (κ2) is 9.20. The van der Waals surface area contributed by atoms with Gasteiger partial charge in [0.2, 0.25) is 10.0 Å². The summed E-state index contributed by atoms with van der Waals surface area (Å²) in [6.07, 6.45) is 2.43. The third-order valence-corrected chi connectivity index (χ3v) is 7.10. The molecular weight excluding hydrogens is 430 g/mol. The lowest BCUT2D eigenvalue weighted by molar-refractivity contribution is 0.0953. The summed E-state index contributed by atoms with van der Waals surface area (Å²) >= 11 is 6.17. The summed E-state index contributed by atoms with van der Waals surface area (Å²) < 4.78 is 32.3. The van der Waals surface area contributed by atoms with Gasteiger partial charge in [-0.05, 0) is 44.4 Å². The molecule has 0 bridgehead atoms. The van der Waals surface area contributed by atoms with Crippen molar-refractivity contribution in [3.8, 4) is 0 Å². The first-order valence-electron chi connectivity index (χ1n) is 9.73. The van der Waals surface area contributed by atoms with Crippen molar-refractivity contribution < 1.29 is 22.4 Å². The number of sulfonamides is 1. The lowest BCUT2D eigenvalue weighted by atomic mass is 10.2. The van der Waals surface area contributed by atoms with Crippen LogP contribution in [0.5, 0.6) is 0 Å². The summed E-state index contributed by atoms with van der Waals surface area (Å²) in [6, 6.07) is 5.76. The van der Waals surface area contributed by atoms with Crippen LogP contribution in [0.3, 0.4) is 0 Å². The van der Waals surface area contributed by atoms with Gasteiger partial charge in [-0.3, -0.25) is 9.59 Å². The van der Waals surface area contributed by atoms with E-state index in [-0.39, 0.29) is 27.3 Å². The molecule has 30 heavy (non-hydrogen) atoms. The highest BCUT2D eigenvalue weighted by Crippen LogP contribution is 2.27. The lowest BCUT2D eigenvalue weighted by Crippen LogP contribution is -2.28. The number of halogens is 1. The van der Waals surface area contributed by atoms with Crippen LogP contribution in [0.1, 0.15) is 52.9 Å². The summed E-state index contributed by atoms with van der Waals surface area (Å²) in [6.45, 7) is 4.92. The van der Waals surface area contributed by atoms with Gasteiger partial charge in [0.15, 0.2) is 5.76 Å². The van der Waals surface area contributed by atoms with Crippen LogP contribution in [0.25, 0.3) is 0 Å². The number of hydrogen-bond acceptors (Lipinski definition) is 5. The molecule has 1 saturated heterocycles. The summed E-state index contributed by atoms with van der Waals surface area (Å²) in [5, 5.41) is 5.54. The topological polar surface area (TPSA) is 109 Å². The first-order chi connectivity index (χ1) is 14.2. The average molecular weight is 454 g/mol. The standard InChI is InChI=1S/C20H24ClN3O5S/c1-3-8-22-19(25)15-7-6-14(11-16(15)21)23-20(26)17-12-18(13(2)29-17)30(27,28)24-9-4-5-10-24/h6-7,11-12H,3-5,8-10H2,1-2H3,(H,22,25)(H,23,26). The molecule has 10 heteroatoms. The Morgan fingerprint density at radius 2 is 1.87 bits per heavy atom. The van der Waals surface area contributed by atoms with E-state index in [4.69, 9.17) is 16.0 Å². The summed E-state index contributed by atoms with van der Waals surface area (Å²) in [5.41, 5.74) is 0.658. The maximum absolute atomic E-state index is 12.7. The van der Waals surface area contributed by atoms with Gasteiger partial charge in [0.05, 0.1) is 10.6 Å². The number of rotatable bonds is 7. The second-order valence-electron chi connectivity index (χ2n) is 7.05. The number of nitrogens with zero attached hydrogens (tertiary/aromatic N) is 1. The van der Waals surface area contributed by atoms with Crippen molar-refractivity contribution in [1.82, 2.24) is 9.62 Å². The first kappa shape index (κ1) is 22.3. The van der Waals surface area contributed by atoms with Crippen LogP contribution in [0, 0.1) is 6.92 Å². The Labute approximate surface area is 180 Å². The number of nitrogens with one attached hydrogen (secondary N) is 2. The number of furan rings is 1. The molecule has 1 aromatic carbocycles. The Hall–Kier alpha value is -2.36. The van der Waals surface area contributed by atoms with Crippen molar-refractivity contribution in [1.29, 1.82) is 0 Å². The minimum Gasteiger partial charge on any atom is -0.455 e. The molecule has 3 rings (SSSR count). The zero-order valence-electron chi connectivity index (χ0n) is 16.8. The van der Waals surface area contributed by atoms with E-state index in [0.717, 1.165) is 19.3 Å². The van der Waals surface area contributed by atoms with Gasteiger partial charge >= 0.3 is 0 Å². The predicted molar refractivity (Wildman–Crippen MR) is 113 cm³/mol. The van der Waals surface area contributed by atoms with E-state index >= 15 is 0 Å². The molecule has 2 N–H and O–H groups in total. The van der Waals surface area contributed by atoms with Crippen molar-refractivity contribution in [2.45, 2.75) is 38.0 Å². The fraction of sp³-hybridized carbons (Fsp3) is 0.400. The molecule has 1 fully saturated rings. The molecule has 0 atom stereocenters. The maximum atomic E-state index is 12.7. The maximum Gasteiger partial charge on any atom is 0.291 e. The molecule has 1 aliphatic rings. The van der Waals surface area contributed by atoms with E-state index in [1.807, 2.05) is 6.92 Å². The first-order valence-corrected chi connectivity index (χ1v) is 11.6. The Morgan fingerprint density at radius 1 is 1.17 bits per heavy atom. The van der Waals surface area contributed by atoms with Crippen LogP contribution in [0.2, 0.25) is 5.02 Å². The van der Waals surface area contributed by atoms with Crippen molar-refractivity contribution in [3.05, 3.63) is 46.4 Å². The molecule has 2 amide bonds. The molecule has 8 nitrogen and oxygen atoms in total. The second-order valence-corrected chi connectivity index (χ2v) is 9.36. The van der Waals surface area contributed by atoms with Gasteiger partial charge < -0.3 is 15.1 Å². The number of benzene rings is 1. The molecule has 0 aliphatic carbocycles. The molecule has 2 aromatic rings. The van der Waals surface area contributed by atoms with Gasteiger partial charge in [-0.1, -0.05) is 18.5 Å². The quantitative estimate of drug-likeness (QED) is 0.667. The summed E-state index contributed by atoms with van der Waals surface area (Å²) in [5.74, 6) is -0.863. The number of aryl methyl sites for hydroxylation is 1. The lowest BCUT2D eigenvalue weighted by Gasteiger charge is -2.14. The van der Waals surface area contributed by atoms with Crippen LogP contribution in [0.4, 0.5) is 5.69 Å². The van der Waals surface area contributed by atoms with Crippen molar-refractivity contribution in [3.63, 3.8) is 0 Å². The van der Waals surface area contributed by atoms with Gasteiger partial charge in [-0.2, -0.15) is 4.31 Å². The average Bonchev–Trinajstić information content (AvgIpc) is 3.36. The highest BCUT2D eigenvalue weighted by atomic mass is 35.5. The van der Waals surface area contributed by atoms with Crippen molar-refractivity contribution in [2.75, 3.05) is 25.0 Å². The molecule has 0 spiro atoms. The number of hydrogen-bond donors (Lipinski definition) is 2. The van der Waals surface area contributed by atoms with E-state index in [0.29, 0.717) is 30.9 Å². The summed E-state index contributed by atoms with van der Waals surface area (Å²) in [7, 11) is -3.69. The van der Waals surface area contributed by atoms with Crippen LogP contribution < -0.4 is 10.6 Å². The number of amides is 2. The SMILES string of the molecule is CCCNC(=O)c1ccc(NC(=O)c2cc(S(=O)(=O)N3CCCC3)c(C)o2)cc1Cl. The van der Waals surface area contributed by atoms with Gasteiger partial charge in [0.25, 0.3) is 11.8 Å². The summed E-state index contributed by atoms with van der Waals surface area (Å²) in [4.78, 5) is 24.6. The predicted octanol–water partition coefficient (Wildman–Crippen LogP) is 3.42. The molecule has 0 saturated carbocycles. The molecule has 162 valence electrons. The van der Waals surface area contributed by atoms with Crippen LogP contribution in [0.15, 0.2) is 33.6 Å². The van der Waals surface area contributed by atoms with Crippen molar-refractivity contribution in [2.24, 2.45) is 0 Å². The van der Waals surface area contributed by atoms with Gasteiger partial charge in [0.1, 0.15) is 10.7 Å². The fourth-order valence-electron chi connectivity index (χ4n) is 3.20. The Bertz CT molecular complexity index is 1060. The number of anilines is 1. The zero-order valence-corrected chi connectivity index (χ0v) is 18.4. The molecule has 2 heterocycles. The van der Waals surface area contributed by atoms with Crippen LogP contribution in [-0.2, 0) is 10.0 Å². The van der Waals surface area contributed by atoms with Gasteiger partial charge in [-0.25, -0.2) is 8.42 Å². The molecule has 1 aliphatic heterocycles. The number of carbonyl (C=O) groups excluding carboxylic acids is 2. The van der Waals surface area contributed by atoms with E-state index < -0.39 is 15.9 Å².